The molecule has 0 fully saturated rings. The maximum Gasteiger partial charge on any atom is 0.256 e. The number of carbonyl (C=O) groups excluding carboxylic acids is 1. The predicted octanol–water partition coefficient (Wildman–Crippen LogP) is -0.119. The van der Waals surface area contributed by atoms with Gasteiger partial charge in [0.05, 0.1) is 12.1 Å². The topological polar surface area (TPSA) is 71.0 Å². The van der Waals surface area contributed by atoms with E-state index < -0.39 is 34.7 Å². The van der Waals surface area contributed by atoms with Crippen LogP contribution >= 0.6 is 0 Å². The van der Waals surface area contributed by atoms with Crippen LogP contribution in [0.3, 0.4) is 0 Å². The van der Waals surface area contributed by atoms with Crippen molar-refractivity contribution in [3.63, 3.8) is 0 Å². The Morgan fingerprint density at radius 1 is 1.39 bits per heavy atom. The van der Waals surface area contributed by atoms with Crippen molar-refractivity contribution in [1.29, 1.82) is 0 Å². The molecule has 3 N–H and O–H groups in total. The molecule has 0 spiro atoms. The molecule has 18 heavy (non-hydrogen) atoms. The van der Waals surface area contributed by atoms with Crippen LogP contribution in [0, 0.1) is 17.5 Å². The van der Waals surface area contributed by atoms with Gasteiger partial charge in [-0.25, -0.2) is 13.2 Å². The number of halogens is 3. The van der Waals surface area contributed by atoms with Crippen LogP contribution < -0.4 is 10.8 Å². The zero-order valence-electron chi connectivity index (χ0n) is 9.80. The smallest absolute Gasteiger partial charge is 0.256 e. The fraction of sp³-hybridized carbons (Fsp3) is 0.364. The number of benzene rings is 1. The van der Waals surface area contributed by atoms with Crippen LogP contribution in [0.2, 0.25) is 0 Å². The summed E-state index contributed by atoms with van der Waals surface area (Å²) in [4.78, 5) is 12.8. The van der Waals surface area contributed by atoms with Gasteiger partial charge in [0.25, 0.3) is 5.91 Å². The van der Waals surface area contributed by atoms with Crippen molar-refractivity contribution in [3.05, 3.63) is 29.1 Å². The Labute approximate surface area is 102 Å². The van der Waals surface area contributed by atoms with E-state index >= 15 is 0 Å². The van der Waals surface area contributed by atoms with E-state index in [9.17, 15) is 23.1 Å². The van der Waals surface area contributed by atoms with Gasteiger partial charge >= 0.3 is 0 Å². The predicted molar refractivity (Wildman–Crippen MR) is 55.1 cm³/mol. The number of hydrogen-bond donors (Lipinski definition) is 1. The van der Waals surface area contributed by atoms with Crippen LogP contribution in [-0.2, 0) is 0 Å². The number of carbonyl (C=O) groups is 1. The quantitative estimate of drug-likeness (QED) is 0.768. The lowest BCUT2D eigenvalue weighted by Gasteiger charge is -2.19. The fourth-order valence-corrected chi connectivity index (χ4v) is 1.39. The van der Waals surface area contributed by atoms with Crippen molar-refractivity contribution in [2.24, 2.45) is 0 Å². The third-order valence-electron chi connectivity index (χ3n) is 2.44. The highest BCUT2D eigenvalue weighted by Crippen LogP contribution is 2.24. The highest BCUT2D eigenvalue weighted by atomic mass is 19.2. The number of quaternary nitrogens is 1. The van der Waals surface area contributed by atoms with E-state index in [1.807, 2.05) is 0 Å². The zero-order valence-corrected chi connectivity index (χ0v) is 9.80. The van der Waals surface area contributed by atoms with Gasteiger partial charge in [-0.15, -0.1) is 0 Å². The monoisotopic (exact) mass is 262 g/mol. The van der Waals surface area contributed by atoms with E-state index in [4.69, 9.17) is 0 Å². The van der Waals surface area contributed by atoms with Crippen LogP contribution in [0.5, 0.6) is 5.75 Å². The molecule has 0 radical (unpaired) electrons. The molecule has 0 heterocycles. The van der Waals surface area contributed by atoms with E-state index in [2.05, 4.69) is 5.73 Å². The largest absolute Gasteiger partial charge is 0.868 e. The maximum absolute atomic E-state index is 13.4. The molecule has 1 rings (SSSR count). The second-order valence-electron chi connectivity index (χ2n) is 3.80. The Morgan fingerprint density at radius 3 is 2.56 bits per heavy atom. The summed E-state index contributed by atoms with van der Waals surface area (Å²) >= 11 is 0. The van der Waals surface area contributed by atoms with E-state index in [1.165, 1.54) is 7.05 Å². The summed E-state index contributed by atoms with van der Waals surface area (Å²) in [6, 6.07) is 0.398. The zero-order chi connectivity index (χ0) is 13.9. The third kappa shape index (κ3) is 2.73. The summed E-state index contributed by atoms with van der Waals surface area (Å²) in [5.41, 5.74) is 2.82. The van der Waals surface area contributed by atoms with Crippen LogP contribution in [0.15, 0.2) is 6.07 Å². The number of hydrogen-bond acceptors (Lipinski definition) is 2. The molecule has 100 valence electrons. The fourth-order valence-electron chi connectivity index (χ4n) is 1.39. The number of nitrogens with zero attached hydrogens (tertiary/aromatic N) is 1. The first-order valence-electron chi connectivity index (χ1n) is 5.29. The maximum atomic E-state index is 13.4. The molecule has 1 amide bonds. The van der Waals surface area contributed by atoms with Gasteiger partial charge in [-0.3, -0.25) is 4.79 Å². The lowest BCUT2D eigenvalue weighted by Crippen LogP contribution is -2.51. The molecule has 0 atom stereocenters. The molecular formula is C11H13F3N2O2. The molecule has 0 aliphatic heterocycles. The first-order valence-corrected chi connectivity index (χ1v) is 5.29. The van der Waals surface area contributed by atoms with Gasteiger partial charge in [-0.2, -0.15) is 0 Å². The summed E-state index contributed by atoms with van der Waals surface area (Å²) in [6.07, 6.45) is 0.581. The van der Waals surface area contributed by atoms with Crippen LogP contribution in [0.4, 0.5) is 13.2 Å². The van der Waals surface area contributed by atoms with Gasteiger partial charge in [0, 0.05) is 20.0 Å². The standard InChI is InChI=1S/C11H13F3N2O2/c1-16(4-2-3-15)11(18)6-5-7(12)9(14)10(17)8(6)13/h5,17H,2-4,15H2,1H3. The van der Waals surface area contributed by atoms with Crippen molar-refractivity contribution >= 4 is 5.91 Å². The molecule has 0 aliphatic rings. The average Bonchev–Trinajstić information content (AvgIpc) is 2.36. The molecular weight excluding hydrogens is 249 g/mol. The van der Waals surface area contributed by atoms with Gasteiger partial charge < -0.3 is 15.7 Å². The lowest BCUT2D eigenvalue weighted by atomic mass is 10.1. The molecule has 0 aliphatic carbocycles. The highest BCUT2D eigenvalue weighted by molar-refractivity contribution is 5.94. The molecule has 1 aromatic rings. The van der Waals surface area contributed by atoms with Gasteiger partial charge in [-0.1, -0.05) is 0 Å². The summed E-state index contributed by atoms with van der Waals surface area (Å²) in [7, 11) is 1.38. The SMILES string of the molecule is CN(CCC[NH3+])C(=O)c1cc(F)c(F)c([O-])c1F. The number of rotatable bonds is 4. The molecule has 4 nitrogen and oxygen atoms in total. The van der Waals surface area contributed by atoms with Crippen molar-refractivity contribution < 1.29 is 28.8 Å². The van der Waals surface area contributed by atoms with Crippen molar-refractivity contribution in [2.45, 2.75) is 6.42 Å². The minimum absolute atomic E-state index is 0.287. The minimum atomic E-state index is -1.82. The van der Waals surface area contributed by atoms with Crippen molar-refractivity contribution in [2.75, 3.05) is 20.1 Å². The summed E-state index contributed by atoms with van der Waals surface area (Å²) in [5, 5.41) is 11.0. The van der Waals surface area contributed by atoms with Crippen molar-refractivity contribution in [3.8, 4) is 5.75 Å². The Kier molecular flexibility index (Phi) is 4.55. The molecule has 0 saturated carbocycles. The molecule has 1 aromatic carbocycles. The Balaban J connectivity index is 3.06. The van der Waals surface area contributed by atoms with Crippen LogP contribution in [0.25, 0.3) is 0 Å². The average molecular weight is 262 g/mol. The molecule has 0 saturated heterocycles. The first-order chi connectivity index (χ1) is 8.40. The van der Waals surface area contributed by atoms with Crippen LogP contribution in [-0.4, -0.2) is 30.9 Å². The summed E-state index contributed by atoms with van der Waals surface area (Å²) in [6.45, 7) is 0.861. The van der Waals surface area contributed by atoms with Crippen LogP contribution in [0.1, 0.15) is 16.8 Å². The van der Waals surface area contributed by atoms with Crippen molar-refractivity contribution in [1.82, 2.24) is 4.90 Å². The third-order valence-corrected chi connectivity index (χ3v) is 2.44. The molecule has 0 bridgehead atoms. The number of amides is 1. The normalized spacial score (nSPS) is 10.5. The highest BCUT2D eigenvalue weighted by Gasteiger charge is 2.20. The van der Waals surface area contributed by atoms with Gasteiger partial charge in [0.15, 0.2) is 11.6 Å². The Bertz CT molecular complexity index is 466. The molecule has 7 heteroatoms. The Morgan fingerprint density at radius 2 is 2.00 bits per heavy atom. The molecule has 0 unspecified atom stereocenters. The van der Waals surface area contributed by atoms with E-state index in [0.29, 0.717) is 19.0 Å². The first kappa shape index (κ1) is 14.3. The van der Waals surface area contributed by atoms with E-state index in [0.717, 1.165) is 4.90 Å². The minimum Gasteiger partial charge on any atom is -0.868 e. The van der Waals surface area contributed by atoms with Gasteiger partial charge in [-0.05, 0) is 11.8 Å². The lowest BCUT2D eigenvalue weighted by molar-refractivity contribution is -0.368. The summed E-state index contributed by atoms with van der Waals surface area (Å²) < 4.78 is 39.1. The summed E-state index contributed by atoms with van der Waals surface area (Å²) in [5.74, 6) is -7.51. The van der Waals surface area contributed by atoms with Gasteiger partial charge in [0.2, 0.25) is 0 Å². The second-order valence-corrected chi connectivity index (χ2v) is 3.80. The second kappa shape index (κ2) is 5.72. The van der Waals surface area contributed by atoms with E-state index in [-0.39, 0.29) is 6.54 Å². The van der Waals surface area contributed by atoms with E-state index in [1.54, 1.807) is 0 Å². The Hall–Kier alpha value is -1.76. The molecule has 0 aromatic heterocycles. The van der Waals surface area contributed by atoms with Gasteiger partial charge in [0.1, 0.15) is 5.82 Å².